The number of rotatable bonds is 5. The zero-order chi connectivity index (χ0) is 12.8. The molecule has 1 fully saturated rings. The monoisotopic (exact) mass is 286 g/mol. The lowest BCUT2D eigenvalue weighted by atomic mass is 10.2. The molecule has 2 rings (SSSR count). The highest BCUT2D eigenvalue weighted by molar-refractivity contribution is 7.99. The normalized spacial score (nSPS) is 16.5. The first-order chi connectivity index (χ1) is 8.78. The predicted molar refractivity (Wildman–Crippen MR) is 76.4 cm³/mol. The molecule has 4 nitrogen and oxygen atoms in total. The second-order valence-corrected chi connectivity index (χ2v) is 6.33. The number of hydrogen-bond acceptors (Lipinski definition) is 6. The third kappa shape index (κ3) is 4.17. The number of hydrogen-bond donors (Lipinski definition) is 1. The van der Waals surface area contributed by atoms with Gasteiger partial charge in [0, 0.05) is 17.8 Å². The minimum absolute atomic E-state index is 0.179. The number of thioether (sulfide) groups is 1. The van der Waals surface area contributed by atoms with Gasteiger partial charge in [-0.2, -0.15) is 11.8 Å². The molecule has 0 bridgehead atoms. The zero-order valence-corrected chi connectivity index (χ0v) is 12.1. The van der Waals surface area contributed by atoms with Gasteiger partial charge in [-0.3, -0.25) is 4.79 Å². The number of methoxy groups -OCH3 is 1. The fraction of sp³-hybridized carbons (Fsp3) is 0.667. The Morgan fingerprint density at radius 1 is 1.56 bits per heavy atom. The van der Waals surface area contributed by atoms with E-state index < -0.39 is 0 Å². The first-order valence-corrected chi connectivity index (χ1v) is 8.17. The van der Waals surface area contributed by atoms with Gasteiger partial charge in [-0.1, -0.05) is 0 Å². The third-order valence-corrected chi connectivity index (χ3v) is 4.78. The third-order valence-electron chi connectivity index (χ3n) is 2.91. The van der Waals surface area contributed by atoms with Crippen molar-refractivity contribution in [3.8, 4) is 0 Å². The Balaban J connectivity index is 1.80. The molecule has 0 aromatic carbocycles. The second kappa shape index (κ2) is 6.99. The highest BCUT2D eigenvalue weighted by Crippen LogP contribution is 2.23. The van der Waals surface area contributed by atoms with E-state index in [9.17, 15) is 4.79 Å². The van der Waals surface area contributed by atoms with Gasteiger partial charge in [0.2, 0.25) is 0 Å². The molecule has 0 radical (unpaired) electrons. The van der Waals surface area contributed by atoms with E-state index in [1.165, 1.54) is 31.5 Å². The molecule has 6 heteroatoms. The average Bonchev–Trinajstić information content (AvgIpc) is 2.85. The SMILES string of the molecule is COC(=O)CCc1csc(NC2CCSCC2)n1. The zero-order valence-electron chi connectivity index (χ0n) is 10.5. The molecule has 1 aliphatic heterocycles. The minimum atomic E-state index is -0.179. The van der Waals surface area contributed by atoms with Crippen molar-refractivity contribution in [1.29, 1.82) is 0 Å². The molecule has 100 valence electrons. The van der Waals surface area contributed by atoms with Crippen LogP contribution in [0.25, 0.3) is 0 Å². The van der Waals surface area contributed by atoms with Crippen LogP contribution < -0.4 is 5.32 Å². The molecule has 1 aromatic heterocycles. The van der Waals surface area contributed by atoms with Crippen LogP contribution in [0.4, 0.5) is 5.13 Å². The molecule has 0 atom stereocenters. The second-order valence-electron chi connectivity index (χ2n) is 4.25. The van der Waals surface area contributed by atoms with Crippen molar-refractivity contribution >= 4 is 34.2 Å². The average molecular weight is 286 g/mol. The Morgan fingerprint density at radius 2 is 2.33 bits per heavy atom. The summed E-state index contributed by atoms with van der Waals surface area (Å²) >= 11 is 3.64. The minimum Gasteiger partial charge on any atom is -0.469 e. The summed E-state index contributed by atoms with van der Waals surface area (Å²) in [5.74, 6) is 2.29. The Labute approximate surface area is 116 Å². The smallest absolute Gasteiger partial charge is 0.305 e. The van der Waals surface area contributed by atoms with Crippen LogP contribution in [0.2, 0.25) is 0 Å². The van der Waals surface area contributed by atoms with Gasteiger partial charge in [0.25, 0.3) is 0 Å². The van der Waals surface area contributed by atoms with E-state index in [1.807, 2.05) is 17.1 Å². The van der Waals surface area contributed by atoms with Crippen LogP contribution in [-0.4, -0.2) is 35.6 Å². The van der Waals surface area contributed by atoms with Gasteiger partial charge >= 0.3 is 5.97 Å². The quantitative estimate of drug-likeness (QED) is 0.843. The van der Waals surface area contributed by atoms with Gasteiger partial charge in [-0.25, -0.2) is 4.98 Å². The van der Waals surface area contributed by atoms with Crippen molar-refractivity contribution in [3.63, 3.8) is 0 Å². The summed E-state index contributed by atoms with van der Waals surface area (Å²) in [7, 11) is 1.41. The van der Waals surface area contributed by atoms with E-state index >= 15 is 0 Å². The van der Waals surface area contributed by atoms with Crippen LogP contribution in [0.15, 0.2) is 5.38 Å². The van der Waals surface area contributed by atoms with Crippen LogP contribution in [-0.2, 0) is 16.0 Å². The maximum atomic E-state index is 11.0. The summed E-state index contributed by atoms with van der Waals surface area (Å²) in [5.41, 5.74) is 0.970. The maximum absolute atomic E-state index is 11.0. The standard InChI is InChI=1S/C12H18N2O2S2/c1-16-11(15)3-2-10-8-18-12(14-10)13-9-4-6-17-7-5-9/h8-9H,2-7H2,1H3,(H,13,14). The van der Waals surface area contributed by atoms with E-state index in [-0.39, 0.29) is 5.97 Å². The topological polar surface area (TPSA) is 51.2 Å². The maximum Gasteiger partial charge on any atom is 0.305 e. The van der Waals surface area contributed by atoms with Crippen LogP contribution in [0.3, 0.4) is 0 Å². The van der Waals surface area contributed by atoms with Crippen molar-refractivity contribution in [2.45, 2.75) is 31.7 Å². The van der Waals surface area contributed by atoms with E-state index in [4.69, 9.17) is 0 Å². The molecule has 0 saturated carbocycles. The van der Waals surface area contributed by atoms with E-state index in [0.29, 0.717) is 18.9 Å². The summed E-state index contributed by atoms with van der Waals surface area (Å²) in [6, 6.07) is 0.561. The van der Waals surface area contributed by atoms with Crippen molar-refractivity contribution in [3.05, 3.63) is 11.1 Å². The number of esters is 1. The van der Waals surface area contributed by atoms with E-state index in [0.717, 1.165) is 10.8 Å². The number of carbonyl (C=O) groups is 1. The number of carbonyl (C=O) groups excluding carboxylic acids is 1. The fourth-order valence-electron chi connectivity index (χ4n) is 1.84. The summed E-state index contributed by atoms with van der Waals surface area (Å²) in [6.45, 7) is 0. The van der Waals surface area contributed by atoms with Crippen molar-refractivity contribution in [2.24, 2.45) is 0 Å². The Hall–Kier alpha value is -0.750. The van der Waals surface area contributed by atoms with E-state index in [1.54, 1.807) is 11.3 Å². The van der Waals surface area contributed by atoms with Gasteiger partial charge in [-0.05, 0) is 24.3 Å². The van der Waals surface area contributed by atoms with Gasteiger partial charge in [0.05, 0.1) is 19.2 Å². The molecule has 0 spiro atoms. The van der Waals surface area contributed by atoms with Crippen LogP contribution >= 0.6 is 23.1 Å². The molecule has 2 heterocycles. The number of anilines is 1. The summed E-state index contributed by atoms with van der Waals surface area (Å²) in [4.78, 5) is 15.5. The summed E-state index contributed by atoms with van der Waals surface area (Å²) in [5, 5.41) is 6.48. The molecule has 0 unspecified atom stereocenters. The number of nitrogens with one attached hydrogen (secondary N) is 1. The van der Waals surface area contributed by atoms with Gasteiger partial charge in [0.1, 0.15) is 0 Å². The van der Waals surface area contributed by atoms with Crippen molar-refractivity contribution in [1.82, 2.24) is 4.98 Å². The molecular formula is C12H18N2O2S2. The highest BCUT2D eigenvalue weighted by atomic mass is 32.2. The van der Waals surface area contributed by atoms with Gasteiger partial charge in [0.15, 0.2) is 5.13 Å². The number of thiazole rings is 1. The molecule has 0 amide bonds. The van der Waals surface area contributed by atoms with E-state index in [2.05, 4.69) is 15.0 Å². The number of aryl methyl sites for hydroxylation is 1. The summed E-state index contributed by atoms with van der Waals surface area (Å²) in [6.07, 6.45) is 3.48. The number of aromatic nitrogens is 1. The van der Waals surface area contributed by atoms with Crippen molar-refractivity contribution in [2.75, 3.05) is 23.9 Å². The number of nitrogens with zero attached hydrogens (tertiary/aromatic N) is 1. The Kier molecular flexibility index (Phi) is 5.31. The first-order valence-electron chi connectivity index (χ1n) is 6.13. The van der Waals surface area contributed by atoms with Crippen molar-refractivity contribution < 1.29 is 9.53 Å². The molecule has 1 N–H and O–H groups in total. The lowest BCUT2D eigenvalue weighted by Crippen LogP contribution is -2.24. The molecule has 1 aromatic rings. The number of ether oxygens (including phenoxy) is 1. The molecule has 0 aliphatic carbocycles. The largest absolute Gasteiger partial charge is 0.469 e. The Bertz CT molecular complexity index is 389. The Morgan fingerprint density at radius 3 is 3.06 bits per heavy atom. The molecule has 1 aliphatic rings. The van der Waals surface area contributed by atoms with Gasteiger partial charge in [-0.15, -0.1) is 11.3 Å². The fourth-order valence-corrected chi connectivity index (χ4v) is 3.77. The summed E-state index contributed by atoms with van der Waals surface area (Å²) < 4.78 is 4.62. The first kappa shape index (κ1) is 13.7. The van der Waals surface area contributed by atoms with Crippen LogP contribution in [0.5, 0.6) is 0 Å². The lowest BCUT2D eigenvalue weighted by molar-refractivity contribution is -0.140. The molecule has 18 heavy (non-hydrogen) atoms. The predicted octanol–water partition coefficient (Wildman–Crippen LogP) is 2.56. The van der Waals surface area contributed by atoms with Crippen LogP contribution in [0, 0.1) is 0 Å². The lowest BCUT2D eigenvalue weighted by Gasteiger charge is -2.21. The highest BCUT2D eigenvalue weighted by Gasteiger charge is 2.14. The molecular weight excluding hydrogens is 268 g/mol. The van der Waals surface area contributed by atoms with Gasteiger partial charge < -0.3 is 10.1 Å². The molecule has 1 saturated heterocycles. The van der Waals surface area contributed by atoms with Crippen LogP contribution in [0.1, 0.15) is 25.0 Å².